The lowest BCUT2D eigenvalue weighted by Crippen LogP contribution is -2.50. The van der Waals surface area contributed by atoms with E-state index in [2.05, 4.69) is 0 Å². The lowest BCUT2D eigenvalue weighted by atomic mass is 9.87. The molecule has 5 nitrogen and oxygen atoms in total. The van der Waals surface area contributed by atoms with Crippen molar-refractivity contribution in [3.63, 3.8) is 0 Å². The molecule has 1 atom stereocenters. The molecule has 118 valence electrons. The molecule has 0 unspecified atom stereocenters. The molecule has 0 N–H and O–H groups in total. The highest BCUT2D eigenvalue weighted by molar-refractivity contribution is 7.89. The van der Waals surface area contributed by atoms with Crippen molar-refractivity contribution in [1.29, 1.82) is 0 Å². The Balaban J connectivity index is 3.23. The summed E-state index contributed by atoms with van der Waals surface area (Å²) in [6, 6.07) is 7.18. The van der Waals surface area contributed by atoms with Crippen molar-refractivity contribution in [3.05, 3.63) is 30.3 Å². The second-order valence-electron chi connectivity index (χ2n) is 5.85. The summed E-state index contributed by atoms with van der Waals surface area (Å²) in [4.78, 5) is 12.3. The number of esters is 1. The molecule has 21 heavy (non-hydrogen) atoms. The van der Waals surface area contributed by atoms with Crippen LogP contribution in [-0.4, -0.2) is 38.4 Å². The van der Waals surface area contributed by atoms with E-state index in [4.69, 9.17) is 4.74 Å². The molecule has 1 rings (SSSR count). The third-order valence-corrected chi connectivity index (χ3v) is 4.95. The van der Waals surface area contributed by atoms with Crippen molar-refractivity contribution in [2.24, 2.45) is 5.41 Å². The largest absolute Gasteiger partial charge is 0.465 e. The van der Waals surface area contributed by atoms with E-state index >= 15 is 0 Å². The summed E-state index contributed by atoms with van der Waals surface area (Å²) in [6.07, 6.45) is 0. The van der Waals surface area contributed by atoms with Gasteiger partial charge < -0.3 is 4.74 Å². The van der Waals surface area contributed by atoms with Crippen LogP contribution in [0.1, 0.15) is 27.7 Å². The zero-order valence-electron chi connectivity index (χ0n) is 13.2. The lowest BCUT2D eigenvalue weighted by Gasteiger charge is -2.35. The molecule has 0 aliphatic heterocycles. The number of nitrogens with zero attached hydrogens (tertiary/aromatic N) is 1. The van der Waals surface area contributed by atoms with Crippen molar-refractivity contribution in [2.45, 2.75) is 38.6 Å². The van der Waals surface area contributed by atoms with Crippen LogP contribution in [0.15, 0.2) is 35.2 Å². The van der Waals surface area contributed by atoms with Crippen molar-refractivity contribution < 1.29 is 17.9 Å². The van der Waals surface area contributed by atoms with Gasteiger partial charge in [-0.3, -0.25) is 4.79 Å². The van der Waals surface area contributed by atoms with Crippen LogP contribution in [0.4, 0.5) is 0 Å². The van der Waals surface area contributed by atoms with Gasteiger partial charge in [-0.1, -0.05) is 39.0 Å². The van der Waals surface area contributed by atoms with Gasteiger partial charge in [0.25, 0.3) is 0 Å². The Labute approximate surface area is 127 Å². The number of carbonyl (C=O) groups is 1. The van der Waals surface area contributed by atoms with Gasteiger partial charge in [-0.25, -0.2) is 8.42 Å². The lowest BCUT2D eigenvalue weighted by molar-refractivity contribution is -0.150. The Morgan fingerprint density at radius 3 is 2.19 bits per heavy atom. The fourth-order valence-corrected chi connectivity index (χ4v) is 3.68. The standard InChI is InChI=1S/C15H23NO4S/c1-6-20-14(17)13(15(2,3)4)16(5)21(18,19)12-10-8-7-9-11-12/h7-11,13H,6H2,1-5H3/t13-/m1/s1. The van der Waals surface area contributed by atoms with E-state index in [1.165, 1.54) is 19.2 Å². The summed E-state index contributed by atoms with van der Waals surface area (Å²) in [5.74, 6) is -0.535. The maximum atomic E-state index is 12.6. The topological polar surface area (TPSA) is 63.7 Å². The fourth-order valence-electron chi connectivity index (χ4n) is 2.17. The molecule has 1 aromatic rings. The molecule has 0 amide bonds. The first-order valence-corrected chi connectivity index (χ1v) is 8.26. The maximum Gasteiger partial charge on any atom is 0.324 e. The Hall–Kier alpha value is -1.40. The molecule has 1 aromatic carbocycles. The van der Waals surface area contributed by atoms with E-state index in [0.29, 0.717) is 0 Å². The van der Waals surface area contributed by atoms with Crippen LogP contribution in [0.25, 0.3) is 0 Å². The monoisotopic (exact) mass is 313 g/mol. The minimum atomic E-state index is -3.75. The van der Waals surface area contributed by atoms with Crippen molar-refractivity contribution in [3.8, 4) is 0 Å². The van der Waals surface area contributed by atoms with Gasteiger partial charge in [-0.2, -0.15) is 4.31 Å². The molecule has 0 radical (unpaired) electrons. The molecule has 0 aliphatic carbocycles. The second kappa shape index (κ2) is 6.58. The Kier molecular flexibility index (Phi) is 5.53. The zero-order chi connectivity index (χ0) is 16.3. The average Bonchev–Trinajstić information content (AvgIpc) is 2.38. The Bertz CT molecular complexity index is 575. The smallest absolute Gasteiger partial charge is 0.324 e. The van der Waals surface area contributed by atoms with E-state index in [1.807, 2.05) is 20.8 Å². The van der Waals surface area contributed by atoms with Gasteiger partial charge in [-0.15, -0.1) is 0 Å². The van der Waals surface area contributed by atoms with Gasteiger partial charge in [0.1, 0.15) is 6.04 Å². The molecule has 0 bridgehead atoms. The van der Waals surface area contributed by atoms with Gasteiger partial charge in [0, 0.05) is 7.05 Å². The highest BCUT2D eigenvalue weighted by Gasteiger charge is 2.41. The number of hydrogen-bond donors (Lipinski definition) is 0. The molecule has 6 heteroatoms. The van der Waals surface area contributed by atoms with Gasteiger partial charge in [0.2, 0.25) is 10.0 Å². The van der Waals surface area contributed by atoms with Gasteiger partial charge >= 0.3 is 5.97 Å². The van der Waals surface area contributed by atoms with Crippen LogP contribution in [0, 0.1) is 5.41 Å². The maximum absolute atomic E-state index is 12.6. The summed E-state index contributed by atoms with van der Waals surface area (Å²) < 4.78 is 31.4. The average molecular weight is 313 g/mol. The Morgan fingerprint density at radius 2 is 1.76 bits per heavy atom. The molecule has 0 saturated heterocycles. The molecule has 0 aliphatic rings. The Morgan fingerprint density at radius 1 is 1.24 bits per heavy atom. The van der Waals surface area contributed by atoms with E-state index < -0.39 is 27.4 Å². The van der Waals surface area contributed by atoms with E-state index in [0.717, 1.165) is 4.31 Å². The first-order chi connectivity index (χ1) is 9.62. The summed E-state index contributed by atoms with van der Waals surface area (Å²) in [5.41, 5.74) is -0.581. The SMILES string of the molecule is CCOC(=O)[C@@H](N(C)S(=O)(=O)c1ccccc1)C(C)(C)C. The predicted molar refractivity (Wildman–Crippen MR) is 81.3 cm³/mol. The predicted octanol–water partition coefficient (Wildman–Crippen LogP) is 2.28. The van der Waals surface area contributed by atoms with Crippen LogP contribution < -0.4 is 0 Å². The van der Waals surface area contributed by atoms with Crippen LogP contribution in [-0.2, 0) is 19.6 Å². The van der Waals surface area contributed by atoms with Crippen molar-refractivity contribution in [1.82, 2.24) is 4.31 Å². The van der Waals surface area contributed by atoms with Gasteiger partial charge in [-0.05, 0) is 24.5 Å². The molecule has 0 aromatic heterocycles. The number of ether oxygens (including phenoxy) is 1. The highest BCUT2D eigenvalue weighted by Crippen LogP contribution is 2.29. The molecule has 0 heterocycles. The van der Waals surface area contributed by atoms with E-state index in [9.17, 15) is 13.2 Å². The highest BCUT2D eigenvalue weighted by atomic mass is 32.2. The van der Waals surface area contributed by atoms with Crippen LogP contribution in [0.5, 0.6) is 0 Å². The number of benzene rings is 1. The van der Waals surface area contributed by atoms with Gasteiger partial charge in [0.05, 0.1) is 11.5 Å². The third-order valence-electron chi connectivity index (χ3n) is 3.11. The van der Waals surface area contributed by atoms with Gasteiger partial charge in [0.15, 0.2) is 0 Å². The molecule has 0 fully saturated rings. The summed E-state index contributed by atoms with van der Waals surface area (Å²) in [6.45, 7) is 7.34. The zero-order valence-corrected chi connectivity index (χ0v) is 14.0. The van der Waals surface area contributed by atoms with Crippen molar-refractivity contribution in [2.75, 3.05) is 13.7 Å². The molecular formula is C15H23NO4S. The van der Waals surface area contributed by atoms with Crippen molar-refractivity contribution >= 4 is 16.0 Å². The normalized spacial score (nSPS) is 14.0. The second-order valence-corrected chi connectivity index (χ2v) is 7.85. The quantitative estimate of drug-likeness (QED) is 0.782. The molecule has 0 saturated carbocycles. The number of carbonyl (C=O) groups excluding carboxylic acids is 1. The summed E-state index contributed by atoms with van der Waals surface area (Å²) in [7, 11) is -2.34. The van der Waals surface area contributed by atoms with E-state index in [1.54, 1.807) is 25.1 Å². The molecule has 0 spiro atoms. The van der Waals surface area contributed by atoms with Crippen LogP contribution in [0.3, 0.4) is 0 Å². The van der Waals surface area contributed by atoms with Crippen LogP contribution in [0.2, 0.25) is 0 Å². The summed E-state index contributed by atoms with van der Waals surface area (Å²) in [5, 5.41) is 0. The first-order valence-electron chi connectivity index (χ1n) is 6.82. The first kappa shape index (κ1) is 17.7. The number of sulfonamides is 1. The minimum Gasteiger partial charge on any atom is -0.465 e. The minimum absolute atomic E-state index is 0.158. The summed E-state index contributed by atoms with van der Waals surface area (Å²) >= 11 is 0. The number of rotatable bonds is 5. The number of likely N-dealkylation sites (N-methyl/N-ethyl adjacent to an activating group) is 1. The fraction of sp³-hybridized carbons (Fsp3) is 0.533. The van der Waals surface area contributed by atoms with Crippen LogP contribution >= 0.6 is 0 Å². The molecular weight excluding hydrogens is 290 g/mol. The van der Waals surface area contributed by atoms with E-state index in [-0.39, 0.29) is 11.5 Å². The third kappa shape index (κ3) is 4.04. The number of hydrogen-bond acceptors (Lipinski definition) is 4.